The Kier molecular flexibility index (Phi) is 2.96. The normalized spacial score (nSPS) is 33.0. The Bertz CT molecular complexity index is 117. The summed E-state index contributed by atoms with van der Waals surface area (Å²) in [5.41, 5.74) is 0. The Labute approximate surface area is 69.4 Å². The molecule has 64 valence electrons. The lowest BCUT2D eigenvalue weighted by molar-refractivity contribution is 0.0298. The van der Waals surface area contributed by atoms with Crippen molar-refractivity contribution in [1.82, 2.24) is 0 Å². The Morgan fingerprint density at radius 3 is 2.00 bits per heavy atom. The van der Waals surface area contributed by atoms with Gasteiger partial charge in [0.05, 0.1) is 0 Å². The minimum Gasteiger partial charge on any atom is -0.408 e. The molecule has 0 aromatic rings. The van der Waals surface area contributed by atoms with Crippen LogP contribution in [0.25, 0.3) is 0 Å². The molecule has 0 aromatic carbocycles. The summed E-state index contributed by atoms with van der Waals surface area (Å²) in [4.78, 5) is 0. The molecule has 11 heavy (non-hydrogen) atoms. The van der Waals surface area contributed by atoms with Crippen LogP contribution in [0.4, 0.5) is 0 Å². The summed E-state index contributed by atoms with van der Waals surface area (Å²) in [6.45, 7) is 8.45. The van der Waals surface area contributed by atoms with Crippen LogP contribution in [0, 0.1) is 0 Å². The molecule has 0 aromatic heterocycles. The number of rotatable bonds is 1. The first kappa shape index (κ1) is 9.08. The highest BCUT2D eigenvalue weighted by atomic mass is 16.6. The second-order valence-corrected chi connectivity index (χ2v) is 3.74. The minimum atomic E-state index is 0.00810. The zero-order valence-electron chi connectivity index (χ0n) is 7.83. The van der Waals surface area contributed by atoms with Crippen LogP contribution in [0.15, 0.2) is 0 Å². The zero-order chi connectivity index (χ0) is 8.43. The highest BCUT2D eigenvalue weighted by Gasteiger charge is 2.32. The third-order valence-corrected chi connectivity index (χ3v) is 1.94. The van der Waals surface area contributed by atoms with Crippen LogP contribution in [-0.2, 0) is 9.31 Å². The van der Waals surface area contributed by atoms with E-state index >= 15 is 0 Å². The summed E-state index contributed by atoms with van der Waals surface area (Å²) >= 11 is 0. The molecular formula is C8H17BO2. The van der Waals surface area contributed by atoms with E-state index in [9.17, 15) is 0 Å². The molecule has 1 heterocycles. The maximum atomic E-state index is 5.60. The summed E-state index contributed by atoms with van der Waals surface area (Å²) in [6.07, 6.45) is 1.72. The van der Waals surface area contributed by atoms with Gasteiger partial charge in [0.2, 0.25) is 0 Å². The molecule has 0 amide bonds. The average molecular weight is 156 g/mol. The van der Waals surface area contributed by atoms with E-state index in [1.165, 1.54) is 0 Å². The Balaban J connectivity index is 2.43. The maximum Gasteiger partial charge on any atom is 0.460 e. The van der Waals surface area contributed by atoms with Gasteiger partial charge in [-0.1, -0.05) is 13.8 Å². The third-order valence-electron chi connectivity index (χ3n) is 1.94. The van der Waals surface area contributed by atoms with Crippen molar-refractivity contribution in [1.29, 1.82) is 0 Å². The lowest BCUT2D eigenvalue weighted by Gasteiger charge is -2.32. The predicted molar refractivity (Wildman–Crippen MR) is 46.6 cm³/mol. The monoisotopic (exact) mass is 156 g/mol. The van der Waals surface area contributed by atoms with E-state index in [1.807, 2.05) is 0 Å². The fourth-order valence-electron chi connectivity index (χ4n) is 1.38. The molecular weight excluding hydrogens is 139 g/mol. The topological polar surface area (TPSA) is 18.5 Å². The van der Waals surface area contributed by atoms with Crippen molar-refractivity contribution in [2.75, 3.05) is 0 Å². The highest BCUT2D eigenvalue weighted by molar-refractivity contribution is 6.46. The second kappa shape index (κ2) is 3.59. The van der Waals surface area contributed by atoms with E-state index in [0.29, 0.717) is 18.0 Å². The van der Waals surface area contributed by atoms with E-state index in [2.05, 4.69) is 27.7 Å². The third kappa shape index (κ3) is 2.49. The first-order valence-electron chi connectivity index (χ1n) is 4.40. The van der Waals surface area contributed by atoms with Crippen LogP contribution >= 0.6 is 0 Å². The van der Waals surface area contributed by atoms with Crippen LogP contribution in [0.2, 0.25) is 5.82 Å². The van der Waals surface area contributed by atoms with Crippen molar-refractivity contribution in [3.8, 4) is 0 Å². The van der Waals surface area contributed by atoms with Crippen molar-refractivity contribution in [2.24, 2.45) is 0 Å². The van der Waals surface area contributed by atoms with Gasteiger partial charge in [0, 0.05) is 12.2 Å². The molecule has 3 heteroatoms. The van der Waals surface area contributed by atoms with Crippen molar-refractivity contribution >= 4 is 7.12 Å². The standard InChI is InChI=1S/C8H17BO2/c1-6(2)9-10-7(3)5-8(4)11-9/h6-8H,5H2,1-4H3/t7-,8+. The smallest absolute Gasteiger partial charge is 0.408 e. The molecule has 0 spiro atoms. The summed E-state index contributed by atoms with van der Waals surface area (Å²) in [6, 6.07) is 0. The molecule has 0 unspecified atom stereocenters. The Hall–Kier alpha value is -0.0151. The van der Waals surface area contributed by atoms with E-state index in [1.54, 1.807) is 0 Å². The SMILES string of the molecule is CC(C)B1O[C@H](C)C[C@H](C)O1. The predicted octanol–water partition coefficient (Wildman–Crippen LogP) is 2.10. The van der Waals surface area contributed by atoms with Gasteiger partial charge in [0.25, 0.3) is 0 Å². The van der Waals surface area contributed by atoms with E-state index in [4.69, 9.17) is 9.31 Å². The fourth-order valence-corrected chi connectivity index (χ4v) is 1.38. The van der Waals surface area contributed by atoms with Gasteiger partial charge in [-0.3, -0.25) is 0 Å². The zero-order valence-corrected chi connectivity index (χ0v) is 7.83. The molecule has 0 N–H and O–H groups in total. The fraction of sp³-hybridized carbons (Fsp3) is 1.00. The van der Waals surface area contributed by atoms with Gasteiger partial charge in [0.15, 0.2) is 0 Å². The van der Waals surface area contributed by atoms with Crippen molar-refractivity contribution < 1.29 is 9.31 Å². The first-order valence-corrected chi connectivity index (χ1v) is 4.40. The Morgan fingerprint density at radius 1 is 1.18 bits per heavy atom. The van der Waals surface area contributed by atoms with Gasteiger partial charge in [-0.2, -0.15) is 0 Å². The Morgan fingerprint density at radius 2 is 1.64 bits per heavy atom. The average Bonchev–Trinajstić information content (AvgIpc) is 1.85. The molecule has 0 aliphatic carbocycles. The highest BCUT2D eigenvalue weighted by Crippen LogP contribution is 2.22. The van der Waals surface area contributed by atoms with Gasteiger partial charge >= 0.3 is 7.12 Å². The summed E-state index contributed by atoms with van der Waals surface area (Å²) in [7, 11) is 0.00810. The maximum absolute atomic E-state index is 5.60. The molecule has 0 bridgehead atoms. The largest absolute Gasteiger partial charge is 0.460 e. The van der Waals surface area contributed by atoms with Crippen LogP contribution in [0.1, 0.15) is 34.1 Å². The van der Waals surface area contributed by atoms with Gasteiger partial charge in [-0.05, 0) is 26.1 Å². The molecule has 1 aliphatic heterocycles. The van der Waals surface area contributed by atoms with Crippen molar-refractivity contribution in [3.05, 3.63) is 0 Å². The van der Waals surface area contributed by atoms with Gasteiger partial charge in [-0.15, -0.1) is 0 Å². The molecule has 0 saturated carbocycles. The van der Waals surface area contributed by atoms with Crippen LogP contribution < -0.4 is 0 Å². The van der Waals surface area contributed by atoms with Crippen molar-refractivity contribution in [3.63, 3.8) is 0 Å². The lowest BCUT2D eigenvalue weighted by Crippen LogP contribution is -2.40. The summed E-state index contributed by atoms with van der Waals surface area (Å²) in [5.74, 6) is 0.459. The number of hydrogen-bond donors (Lipinski definition) is 0. The van der Waals surface area contributed by atoms with Gasteiger partial charge < -0.3 is 9.31 Å². The second-order valence-electron chi connectivity index (χ2n) is 3.74. The quantitative estimate of drug-likeness (QED) is 0.541. The molecule has 1 fully saturated rings. The first-order chi connectivity index (χ1) is 5.09. The molecule has 1 rings (SSSR count). The summed E-state index contributed by atoms with van der Waals surface area (Å²) < 4.78 is 11.2. The summed E-state index contributed by atoms with van der Waals surface area (Å²) in [5, 5.41) is 0. The van der Waals surface area contributed by atoms with E-state index in [-0.39, 0.29) is 7.12 Å². The van der Waals surface area contributed by atoms with Crippen LogP contribution in [-0.4, -0.2) is 19.3 Å². The molecule has 2 atom stereocenters. The van der Waals surface area contributed by atoms with Crippen LogP contribution in [0.5, 0.6) is 0 Å². The molecule has 0 radical (unpaired) electrons. The lowest BCUT2D eigenvalue weighted by atomic mass is 9.72. The minimum absolute atomic E-state index is 0.00810. The van der Waals surface area contributed by atoms with Gasteiger partial charge in [0.1, 0.15) is 0 Å². The number of hydrogen-bond acceptors (Lipinski definition) is 2. The molecule has 1 aliphatic rings. The van der Waals surface area contributed by atoms with Crippen LogP contribution in [0.3, 0.4) is 0 Å². The van der Waals surface area contributed by atoms with Crippen molar-refractivity contribution in [2.45, 2.75) is 52.1 Å². The van der Waals surface area contributed by atoms with Gasteiger partial charge in [-0.25, -0.2) is 0 Å². The molecule has 1 saturated heterocycles. The van der Waals surface area contributed by atoms with E-state index < -0.39 is 0 Å². The van der Waals surface area contributed by atoms with E-state index in [0.717, 1.165) is 6.42 Å². The molecule has 2 nitrogen and oxygen atoms in total.